The monoisotopic (exact) mass is 261 g/mol. The van der Waals surface area contributed by atoms with Gasteiger partial charge in [0.05, 0.1) is 6.04 Å². The van der Waals surface area contributed by atoms with E-state index in [2.05, 4.69) is 17.1 Å². The Balaban J connectivity index is 1.98. The number of phenols is 1. The van der Waals surface area contributed by atoms with E-state index >= 15 is 0 Å². The molecule has 0 amide bonds. The summed E-state index contributed by atoms with van der Waals surface area (Å²) in [5.74, 6) is 1.37. The molecule has 0 radical (unpaired) electrons. The van der Waals surface area contributed by atoms with Crippen LogP contribution in [0, 0.1) is 0 Å². The highest BCUT2D eigenvalue weighted by Gasteiger charge is 2.14. The van der Waals surface area contributed by atoms with Gasteiger partial charge in [-0.3, -0.25) is 0 Å². The van der Waals surface area contributed by atoms with Crippen molar-refractivity contribution >= 4 is 0 Å². The number of phenolic OH excluding ortho intramolecular Hbond substituents is 1. The Morgan fingerprint density at radius 1 is 1.32 bits per heavy atom. The molecule has 0 fully saturated rings. The molecule has 1 aromatic carbocycles. The summed E-state index contributed by atoms with van der Waals surface area (Å²) in [6.07, 6.45) is 3.58. The van der Waals surface area contributed by atoms with Gasteiger partial charge in [-0.1, -0.05) is 37.1 Å². The first-order chi connectivity index (χ1) is 9.19. The van der Waals surface area contributed by atoms with Gasteiger partial charge < -0.3 is 15.4 Å². The molecule has 0 saturated heterocycles. The molecule has 1 aromatic heterocycles. The number of aromatic nitrogens is 2. The van der Waals surface area contributed by atoms with Crippen molar-refractivity contribution in [1.29, 1.82) is 0 Å². The number of rotatable bonds is 6. The molecule has 5 heteroatoms. The van der Waals surface area contributed by atoms with Gasteiger partial charge in [0.15, 0.2) is 5.82 Å². The first-order valence-corrected chi connectivity index (χ1v) is 6.55. The Morgan fingerprint density at radius 3 is 2.74 bits per heavy atom. The lowest BCUT2D eigenvalue weighted by molar-refractivity contribution is 0.343. The lowest BCUT2D eigenvalue weighted by Gasteiger charge is -2.03. The van der Waals surface area contributed by atoms with Crippen LogP contribution in [-0.2, 0) is 6.42 Å². The van der Waals surface area contributed by atoms with E-state index in [1.165, 1.54) is 0 Å². The topological polar surface area (TPSA) is 85.2 Å². The number of nitrogens with zero attached hydrogens (tertiary/aromatic N) is 2. The van der Waals surface area contributed by atoms with Crippen molar-refractivity contribution in [3.8, 4) is 5.75 Å². The van der Waals surface area contributed by atoms with Crippen molar-refractivity contribution in [3.05, 3.63) is 41.5 Å². The van der Waals surface area contributed by atoms with Crippen molar-refractivity contribution < 1.29 is 9.63 Å². The van der Waals surface area contributed by atoms with Crippen molar-refractivity contribution in [2.45, 2.75) is 38.6 Å². The molecule has 0 bridgehead atoms. The van der Waals surface area contributed by atoms with E-state index in [-0.39, 0.29) is 11.8 Å². The summed E-state index contributed by atoms with van der Waals surface area (Å²) in [4.78, 5) is 4.32. The standard InChI is InChI=1S/C14H19N3O2/c1-2-3-4-12(15)14-16-13(17-19-14)9-10-5-7-11(18)8-6-10/h5-8,12,18H,2-4,9,15H2,1H3/t12-/m0/s1. The summed E-state index contributed by atoms with van der Waals surface area (Å²) in [6, 6.07) is 6.78. The minimum atomic E-state index is -0.180. The molecule has 0 aliphatic heterocycles. The molecule has 19 heavy (non-hydrogen) atoms. The molecular weight excluding hydrogens is 242 g/mol. The molecule has 0 spiro atoms. The van der Waals surface area contributed by atoms with Gasteiger partial charge in [0, 0.05) is 6.42 Å². The van der Waals surface area contributed by atoms with E-state index in [0.29, 0.717) is 18.1 Å². The number of nitrogens with two attached hydrogens (primary N) is 1. The Morgan fingerprint density at radius 2 is 2.05 bits per heavy atom. The predicted molar refractivity (Wildman–Crippen MR) is 71.7 cm³/mol. The molecule has 102 valence electrons. The number of hydrogen-bond acceptors (Lipinski definition) is 5. The molecule has 1 atom stereocenters. The maximum absolute atomic E-state index is 9.22. The SMILES string of the molecule is CCCC[C@H](N)c1nc(Cc2ccc(O)cc2)no1. The van der Waals surface area contributed by atoms with Crippen molar-refractivity contribution in [3.63, 3.8) is 0 Å². The lowest BCUT2D eigenvalue weighted by atomic mass is 10.1. The van der Waals surface area contributed by atoms with Crippen LogP contribution >= 0.6 is 0 Å². The number of unbranched alkanes of at least 4 members (excludes halogenated alkanes) is 1. The van der Waals surface area contributed by atoms with Gasteiger partial charge in [-0.05, 0) is 24.1 Å². The molecular formula is C14H19N3O2. The Labute approximate surface area is 112 Å². The summed E-state index contributed by atoms with van der Waals surface area (Å²) < 4.78 is 5.18. The van der Waals surface area contributed by atoms with Crippen molar-refractivity contribution in [2.24, 2.45) is 5.73 Å². The second-order valence-electron chi connectivity index (χ2n) is 4.64. The molecule has 0 saturated carbocycles. The normalized spacial score (nSPS) is 12.5. The minimum Gasteiger partial charge on any atom is -0.508 e. The number of hydrogen-bond donors (Lipinski definition) is 2. The fraction of sp³-hybridized carbons (Fsp3) is 0.429. The summed E-state index contributed by atoms with van der Waals surface area (Å²) in [6.45, 7) is 2.12. The van der Waals surface area contributed by atoms with Crippen LogP contribution < -0.4 is 5.73 Å². The van der Waals surface area contributed by atoms with Crippen LogP contribution in [0.5, 0.6) is 5.75 Å². The van der Waals surface area contributed by atoms with Crippen molar-refractivity contribution in [2.75, 3.05) is 0 Å². The smallest absolute Gasteiger partial charge is 0.243 e. The zero-order valence-corrected chi connectivity index (χ0v) is 11.0. The molecule has 0 aliphatic carbocycles. The first kappa shape index (κ1) is 13.5. The quantitative estimate of drug-likeness (QED) is 0.834. The second-order valence-corrected chi connectivity index (χ2v) is 4.64. The van der Waals surface area contributed by atoms with Gasteiger partial charge in [0.1, 0.15) is 5.75 Å². The molecule has 2 rings (SSSR count). The maximum Gasteiger partial charge on any atom is 0.243 e. The van der Waals surface area contributed by atoms with E-state index in [9.17, 15) is 5.11 Å². The number of aromatic hydroxyl groups is 1. The molecule has 0 aliphatic rings. The fourth-order valence-corrected chi connectivity index (χ4v) is 1.83. The van der Waals surface area contributed by atoms with E-state index in [1.807, 2.05) is 12.1 Å². The summed E-state index contributed by atoms with van der Waals surface area (Å²) >= 11 is 0. The third-order valence-corrected chi connectivity index (χ3v) is 2.97. The van der Waals surface area contributed by atoms with Crippen LogP contribution in [0.4, 0.5) is 0 Å². The average molecular weight is 261 g/mol. The predicted octanol–water partition coefficient (Wildman–Crippen LogP) is 2.56. The minimum absolute atomic E-state index is 0.180. The first-order valence-electron chi connectivity index (χ1n) is 6.55. The lowest BCUT2D eigenvalue weighted by Crippen LogP contribution is -2.10. The summed E-state index contributed by atoms with van der Waals surface area (Å²) in [5, 5.41) is 13.2. The molecule has 5 nitrogen and oxygen atoms in total. The highest BCUT2D eigenvalue weighted by Crippen LogP contribution is 2.17. The van der Waals surface area contributed by atoms with Crippen LogP contribution in [0.1, 0.15) is 49.5 Å². The van der Waals surface area contributed by atoms with E-state index < -0.39 is 0 Å². The average Bonchev–Trinajstić information content (AvgIpc) is 2.87. The third-order valence-electron chi connectivity index (χ3n) is 2.97. The highest BCUT2D eigenvalue weighted by molar-refractivity contribution is 5.27. The van der Waals surface area contributed by atoms with Crippen LogP contribution in [0.3, 0.4) is 0 Å². The van der Waals surface area contributed by atoms with E-state index in [1.54, 1.807) is 12.1 Å². The Hall–Kier alpha value is -1.88. The van der Waals surface area contributed by atoms with Crippen LogP contribution in [-0.4, -0.2) is 15.2 Å². The molecule has 1 heterocycles. The van der Waals surface area contributed by atoms with Crippen LogP contribution in [0.15, 0.2) is 28.8 Å². The van der Waals surface area contributed by atoms with Gasteiger partial charge in [0.25, 0.3) is 0 Å². The van der Waals surface area contributed by atoms with Gasteiger partial charge in [-0.25, -0.2) is 0 Å². The molecule has 2 aromatic rings. The van der Waals surface area contributed by atoms with E-state index in [4.69, 9.17) is 10.3 Å². The van der Waals surface area contributed by atoms with E-state index in [0.717, 1.165) is 24.8 Å². The van der Waals surface area contributed by atoms with Crippen LogP contribution in [0.2, 0.25) is 0 Å². The van der Waals surface area contributed by atoms with Crippen molar-refractivity contribution in [1.82, 2.24) is 10.1 Å². The fourth-order valence-electron chi connectivity index (χ4n) is 1.83. The maximum atomic E-state index is 9.22. The Bertz CT molecular complexity index is 508. The molecule has 3 N–H and O–H groups in total. The van der Waals surface area contributed by atoms with Crippen LogP contribution in [0.25, 0.3) is 0 Å². The largest absolute Gasteiger partial charge is 0.508 e. The van der Waals surface area contributed by atoms with Gasteiger partial charge in [-0.2, -0.15) is 4.98 Å². The summed E-state index contributed by atoms with van der Waals surface area (Å²) in [5.41, 5.74) is 7.00. The highest BCUT2D eigenvalue weighted by atomic mass is 16.5. The van der Waals surface area contributed by atoms with Gasteiger partial charge in [-0.15, -0.1) is 0 Å². The zero-order valence-electron chi connectivity index (χ0n) is 11.0. The molecule has 0 unspecified atom stereocenters. The van der Waals surface area contributed by atoms with Gasteiger partial charge >= 0.3 is 0 Å². The Kier molecular flexibility index (Phi) is 4.52. The number of benzene rings is 1. The second kappa shape index (κ2) is 6.33. The third kappa shape index (κ3) is 3.79. The summed E-state index contributed by atoms with van der Waals surface area (Å²) in [7, 11) is 0. The van der Waals surface area contributed by atoms with Gasteiger partial charge in [0.2, 0.25) is 5.89 Å². The zero-order chi connectivity index (χ0) is 13.7.